The fraction of sp³-hybridized carbons (Fsp3) is 0.0137. The van der Waals surface area contributed by atoms with Crippen molar-refractivity contribution >= 4 is 83.5 Å². The van der Waals surface area contributed by atoms with Gasteiger partial charge >= 0.3 is 0 Å². The summed E-state index contributed by atoms with van der Waals surface area (Å²) in [5.74, 6) is 0. The lowest BCUT2D eigenvalue weighted by atomic mass is 9.70. The van der Waals surface area contributed by atoms with Gasteiger partial charge in [-0.1, -0.05) is 218 Å². The van der Waals surface area contributed by atoms with Gasteiger partial charge in [0, 0.05) is 50.0 Å². The summed E-state index contributed by atoms with van der Waals surface area (Å²) in [5, 5.41) is 7.18. The van der Waals surface area contributed by atoms with Gasteiger partial charge in [-0.05, 0) is 128 Å². The normalized spacial score (nSPS) is 13.8. The van der Waals surface area contributed by atoms with Crippen LogP contribution in [0.25, 0.3) is 54.6 Å². The summed E-state index contributed by atoms with van der Waals surface area (Å²) in [6.07, 6.45) is 0. The third-order valence-electron chi connectivity index (χ3n) is 16.0. The molecule has 2 aliphatic carbocycles. The zero-order valence-electron chi connectivity index (χ0n) is 41.6. The summed E-state index contributed by atoms with van der Waals surface area (Å²) in [4.78, 5) is 7.46. The average molecular weight is 968 g/mol. The third-order valence-corrected chi connectivity index (χ3v) is 16.0. The van der Waals surface area contributed by atoms with Crippen LogP contribution in [0.1, 0.15) is 22.3 Å². The molecule has 0 heterocycles. The molecule has 1 spiro atoms. The van der Waals surface area contributed by atoms with Crippen LogP contribution in [-0.4, -0.2) is 0 Å². The molecule has 0 amide bonds. The smallest absolute Gasteiger partial charge is 0.0727 e. The third kappa shape index (κ3) is 6.56. The van der Waals surface area contributed by atoms with Gasteiger partial charge in [0.25, 0.3) is 0 Å². The second kappa shape index (κ2) is 17.6. The molecule has 356 valence electrons. The van der Waals surface area contributed by atoms with Crippen LogP contribution in [0.2, 0.25) is 0 Å². The minimum absolute atomic E-state index is 0.734. The highest BCUT2D eigenvalue weighted by molar-refractivity contribution is 6.09. The molecule has 76 heavy (non-hydrogen) atoms. The van der Waals surface area contributed by atoms with E-state index < -0.39 is 5.41 Å². The Morgan fingerprint density at radius 3 is 1.04 bits per heavy atom. The maximum absolute atomic E-state index is 2.52. The molecule has 2 aliphatic rings. The van der Waals surface area contributed by atoms with E-state index >= 15 is 0 Å². The number of hydrogen-bond acceptors (Lipinski definition) is 3. The molecule has 1 atom stereocenters. The van der Waals surface area contributed by atoms with Gasteiger partial charge in [-0.15, -0.1) is 0 Å². The SMILES string of the molecule is c1ccc(N(c2ccc3c(c2)C2(c4ccccc4-c4c(N(c5ccccc5)c5cccc6ccccc56)cccc42)c2cccc(N(c4ccccc4)c4cccc5ccccc45)c2-3)c2cccc3ccccc23)cc1. The highest BCUT2D eigenvalue weighted by Gasteiger charge is 2.54. The van der Waals surface area contributed by atoms with E-state index in [1.165, 1.54) is 76.8 Å². The van der Waals surface area contributed by atoms with Crippen LogP contribution < -0.4 is 14.7 Å². The average Bonchev–Trinajstić information content (AvgIpc) is 4.13. The van der Waals surface area contributed by atoms with Crippen molar-refractivity contribution in [2.45, 2.75) is 5.41 Å². The quantitative estimate of drug-likeness (QED) is 0.143. The van der Waals surface area contributed by atoms with Crippen LogP contribution in [0.5, 0.6) is 0 Å². The van der Waals surface area contributed by atoms with E-state index in [1.807, 2.05) is 0 Å². The van der Waals surface area contributed by atoms with E-state index in [-0.39, 0.29) is 0 Å². The van der Waals surface area contributed by atoms with Crippen molar-refractivity contribution in [3.63, 3.8) is 0 Å². The molecule has 3 nitrogen and oxygen atoms in total. The molecule has 0 aromatic heterocycles. The van der Waals surface area contributed by atoms with E-state index in [9.17, 15) is 0 Å². The molecule has 0 aliphatic heterocycles. The fourth-order valence-electron chi connectivity index (χ4n) is 12.9. The van der Waals surface area contributed by atoms with Gasteiger partial charge in [-0.25, -0.2) is 0 Å². The first kappa shape index (κ1) is 43.6. The van der Waals surface area contributed by atoms with Gasteiger partial charge < -0.3 is 14.7 Å². The number of fused-ring (bicyclic) bond motifs is 13. The van der Waals surface area contributed by atoms with Gasteiger partial charge in [-0.3, -0.25) is 0 Å². The molecular weight excluding hydrogens is 919 g/mol. The maximum atomic E-state index is 2.52. The van der Waals surface area contributed by atoms with E-state index in [1.54, 1.807) is 0 Å². The van der Waals surface area contributed by atoms with Crippen LogP contribution in [0.3, 0.4) is 0 Å². The summed E-state index contributed by atoms with van der Waals surface area (Å²) in [6, 6.07) is 110. The first-order valence-electron chi connectivity index (χ1n) is 26.3. The monoisotopic (exact) mass is 967 g/mol. The Kier molecular flexibility index (Phi) is 10.1. The minimum Gasteiger partial charge on any atom is -0.310 e. The van der Waals surface area contributed by atoms with Crippen LogP contribution in [0.4, 0.5) is 51.2 Å². The summed E-state index contributed by atoms with van der Waals surface area (Å²) in [7, 11) is 0. The molecule has 0 saturated carbocycles. The van der Waals surface area contributed by atoms with Gasteiger partial charge in [0.2, 0.25) is 0 Å². The second-order valence-corrected chi connectivity index (χ2v) is 19.9. The van der Waals surface area contributed by atoms with Crippen LogP contribution in [0.15, 0.2) is 297 Å². The molecule has 3 heteroatoms. The topological polar surface area (TPSA) is 9.72 Å². The Morgan fingerprint density at radius 2 is 0.553 bits per heavy atom. The van der Waals surface area contributed by atoms with Crippen molar-refractivity contribution in [3.8, 4) is 22.3 Å². The van der Waals surface area contributed by atoms with Gasteiger partial charge in [0.15, 0.2) is 0 Å². The molecule has 0 radical (unpaired) electrons. The summed E-state index contributed by atoms with van der Waals surface area (Å²) < 4.78 is 0. The van der Waals surface area contributed by atoms with Gasteiger partial charge in [0.1, 0.15) is 0 Å². The summed E-state index contributed by atoms with van der Waals surface area (Å²) >= 11 is 0. The van der Waals surface area contributed by atoms with Crippen molar-refractivity contribution in [1.29, 1.82) is 0 Å². The van der Waals surface area contributed by atoms with Crippen LogP contribution >= 0.6 is 0 Å². The Balaban J connectivity index is 1.07. The van der Waals surface area contributed by atoms with Crippen molar-refractivity contribution in [2.75, 3.05) is 14.7 Å². The zero-order valence-corrected chi connectivity index (χ0v) is 41.6. The summed E-state index contributed by atoms with van der Waals surface area (Å²) in [6.45, 7) is 0. The number of anilines is 9. The van der Waals surface area contributed by atoms with Gasteiger partial charge in [-0.2, -0.15) is 0 Å². The van der Waals surface area contributed by atoms with E-state index in [0.717, 1.165) is 51.2 Å². The Labute approximate surface area is 443 Å². The standard InChI is InChI=1S/C73H49N3/c1-4-29-53(30-5-1)74(66-42-18-26-50-23-10-13-35-57(50)66)56-47-48-61-65(49-56)73(64-41-22-46-70(72(61)64)76(55-33-8-3-9-34-55)68-44-20-28-52-25-12-15-37-59(52)68)62-39-17-16-38-60(62)71-63(73)40-21-45-69(71)75(54-31-6-2-7-32-54)67-43-19-27-51-24-11-14-36-58(51)67/h1-49H. The van der Waals surface area contributed by atoms with Crippen LogP contribution in [-0.2, 0) is 5.41 Å². The lowest BCUT2D eigenvalue weighted by Gasteiger charge is -2.33. The predicted molar refractivity (Wildman–Crippen MR) is 319 cm³/mol. The molecule has 15 rings (SSSR count). The largest absolute Gasteiger partial charge is 0.310 e. The van der Waals surface area contributed by atoms with Crippen molar-refractivity contribution in [3.05, 3.63) is 320 Å². The molecular formula is C73H49N3. The Morgan fingerprint density at radius 1 is 0.211 bits per heavy atom. The number of nitrogens with zero attached hydrogens (tertiary/aromatic N) is 3. The lowest BCUT2D eigenvalue weighted by Crippen LogP contribution is -2.26. The van der Waals surface area contributed by atoms with Crippen molar-refractivity contribution in [2.24, 2.45) is 0 Å². The number of rotatable bonds is 9. The first-order chi connectivity index (χ1) is 37.8. The van der Waals surface area contributed by atoms with Crippen LogP contribution in [0, 0.1) is 0 Å². The fourth-order valence-corrected chi connectivity index (χ4v) is 12.9. The lowest BCUT2D eigenvalue weighted by molar-refractivity contribution is 0.793. The van der Waals surface area contributed by atoms with Crippen molar-refractivity contribution in [1.82, 2.24) is 0 Å². The van der Waals surface area contributed by atoms with Crippen molar-refractivity contribution < 1.29 is 0 Å². The maximum Gasteiger partial charge on any atom is 0.0727 e. The molecule has 0 fully saturated rings. The number of hydrogen-bond donors (Lipinski definition) is 0. The van der Waals surface area contributed by atoms with E-state index in [2.05, 4.69) is 312 Å². The first-order valence-corrected chi connectivity index (χ1v) is 26.3. The summed E-state index contributed by atoms with van der Waals surface area (Å²) in [5.41, 5.74) is 19.2. The van der Waals surface area contributed by atoms with E-state index in [4.69, 9.17) is 0 Å². The Bertz CT molecular complexity index is 4350. The zero-order chi connectivity index (χ0) is 50.2. The highest BCUT2D eigenvalue weighted by atomic mass is 15.2. The molecule has 0 N–H and O–H groups in total. The molecule has 1 unspecified atom stereocenters. The molecule has 13 aromatic carbocycles. The molecule has 0 bridgehead atoms. The van der Waals surface area contributed by atoms with E-state index in [0.29, 0.717) is 0 Å². The second-order valence-electron chi connectivity index (χ2n) is 19.9. The van der Waals surface area contributed by atoms with Gasteiger partial charge in [0.05, 0.1) is 33.9 Å². The molecule has 0 saturated heterocycles. The molecule has 13 aromatic rings. The number of para-hydroxylation sites is 3. The highest BCUT2D eigenvalue weighted by Crippen LogP contribution is 2.67. The predicted octanol–water partition coefficient (Wildman–Crippen LogP) is 19.9. The Hall–Kier alpha value is -9.96. The minimum atomic E-state index is -0.734. The number of benzene rings is 13.